The average molecular weight is 512 g/mol. The number of rotatable bonds is 7. The fraction of sp³-hybridized carbons (Fsp3) is 0.269. The zero-order chi connectivity index (χ0) is 22.6. The maximum atomic E-state index is 15.4. The molecule has 1 aliphatic heterocycles. The Morgan fingerprint density at radius 3 is 2.12 bits per heavy atom. The molecule has 0 amide bonds. The molecule has 166 valence electrons. The summed E-state index contributed by atoms with van der Waals surface area (Å²) < 4.78 is 21.7. The average Bonchev–Trinajstić information content (AvgIpc) is 3.31. The highest BCUT2D eigenvalue weighted by Gasteiger charge is 2.47. The summed E-state index contributed by atoms with van der Waals surface area (Å²) in [6.45, 7) is 2.83. The maximum absolute atomic E-state index is 15.4. The van der Waals surface area contributed by atoms with E-state index in [0.29, 0.717) is 19.6 Å². The Bertz CT molecular complexity index is 1060. The highest BCUT2D eigenvalue weighted by atomic mass is 79.9. The summed E-state index contributed by atoms with van der Waals surface area (Å²) in [5, 5.41) is 1.56. The Morgan fingerprint density at radius 2 is 1.56 bits per heavy atom. The van der Waals surface area contributed by atoms with Gasteiger partial charge in [-0.15, -0.1) is 0 Å². The van der Waals surface area contributed by atoms with Gasteiger partial charge in [-0.05, 0) is 31.4 Å². The van der Waals surface area contributed by atoms with Crippen LogP contribution in [0.2, 0.25) is 0 Å². The predicted molar refractivity (Wildman–Crippen MR) is 133 cm³/mol. The zero-order valence-corrected chi connectivity index (χ0v) is 20.5. The Balaban J connectivity index is 1.96. The van der Waals surface area contributed by atoms with Crippen molar-refractivity contribution in [1.82, 2.24) is 4.90 Å². The summed E-state index contributed by atoms with van der Waals surface area (Å²) in [6, 6.07) is 26.8. The maximum Gasteiger partial charge on any atom is 0.323 e. The summed E-state index contributed by atoms with van der Waals surface area (Å²) in [6.07, 6.45) is 1.55. The fourth-order valence-electron chi connectivity index (χ4n) is 4.57. The molecule has 1 aliphatic rings. The minimum Gasteiger partial charge on any atom is -0.465 e. The van der Waals surface area contributed by atoms with E-state index in [1.54, 1.807) is 0 Å². The second kappa shape index (κ2) is 10.2. The van der Waals surface area contributed by atoms with Gasteiger partial charge < -0.3 is 9.30 Å². The molecule has 3 aromatic rings. The van der Waals surface area contributed by atoms with Crippen molar-refractivity contribution < 1.29 is 14.1 Å². The first-order chi connectivity index (χ1) is 15.6. The molecule has 0 aromatic heterocycles. The molecule has 0 saturated carbocycles. The first-order valence-electron chi connectivity index (χ1n) is 10.9. The normalized spacial score (nSPS) is 17.8. The van der Waals surface area contributed by atoms with Crippen LogP contribution in [0.4, 0.5) is 0 Å². The Morgan fingerprint density at radius 1 is 1.00 bits per heavy atom. The second-order valence-corrected chi connectivity index (χ2v) is 11.6. The van der Waals surface area contributed by atoms with Gasteiger partial charge in [-0.2, -0.15) is 0 Å². The van der Waals surface area contributed by atoms with Gasteiger partial charge in [0.25, 0.3) is 0 Å². The van der Waals surface area contributed by atoms with Gasteiger partial charge in [-0.1, -0.05) is 94.8 Å². The number of hydrogen-bond donors (Lipinski definition) is 0. The van der Waals surface area contributed by atoms with Crippen LogP contribution in [-0.2, 0) is 14.1 Å². The predicted octanol–water partition coefficient (Wildman–Crippen LogP) is 5.49. The number of benzene rings is 3. The lowest BCUT2D eigenvalue weighted by atomic mass is 10.2. The van der Waals surface area contributed by atoms with Crippen LogP contribution in [-0.4, -0.2) is 30.1 Å². The second-order valence-electron chi connectivity index (χ2n) is 7.87. The van der Waals surface area contributed by atoms with Crippen molar-refractivity contribution in [2.45, 2.75) is 31.6 Å². The molecular formula is C26H27BrNO3P. The molecule has 1 saturated heterocycles. The molecule has 1 heterocycles. The molecule has 1 fully saturated rings. The molecule has 4 rings (SSSR count). The minimum absolute atomic E-state index is 0.241. The van der Waals surface area contributed by atoms with Crippen molar-refractivity contribution in [2.24, 2.45) is 0 Å². The molecule has 0 bridgehead atoms. The first-order valence-corrected chi connectivity index (χ1v) is 13.5. The van der Waals surface area contributed by atoms with Crippen molar-refractivity contribution in [3.8, 4) is 0 Å². The van der Waals surface area contributed by atoms with E-state index in [9.17, 15) is 4.79 Å². The third-order valence-corrected chi connectivity index (χ3v) is 10.1. The molecule has 4 nitrogen and oxygen atoms in total. The summed E-state index contributed by atoms with van der Waals surface area (Å²) >= 11 is 3.71. The number of ether oxygens (including phenoxy) is 1. The minimum atomic E-state index is -3.24. The van der Waals surface area contributed by atoms with Crippen molar-refractivity contribution in [1.29, 1.82) is 0 Å². The highest BCUT2D eigenvalue weighted by Crippen LogP contribution is 2.61. The summed E-state index contributed by atoms with van der Waals surface area (Å²) in [5.41, 5.74) is 0.916. The van der Waals surface area contributed by atoms with E-state index in [0.717, 1.165) is 27.1 Å². The zero-order valence-electron chi connectivity index (χ0n) is 18.1. The topological polar surface area (TPSA) is 46.6 Å². The van der Waals surface area contributed by atoms with Crippen molar-refractivity contribution >= 4 is 39.7 Å². The molecule has 3 aromatic carbocycles. The molecule has 0 radical (unpaired) electrons. The van der Waals surface area contributed by atoms with Gasteiger partial charge in [0, 0.05) is 21.6 Å². The first kappa shape index (κ1) is 23.0. The van der Waals surface area contributed by atoms with E-state index in [1.807, 2.05) is 91.9 Å². The SMILES string of the molecule is CCOC(=O)[C@@H]1CCCN1[C@H](c1ccccc1Br)P(=O)(c1ccccc1)c1ccccc1. The van der Waals surface area contributed by atoms with E-state index < -0.39 is 19.0 Å². The van der Waals surface area contributed by atoms with Crippen LogP contribution in [0.25, 0.3) is 0 Å². The van der Waals surface area contributed by atoms with E-state index in [-0.39, 0.29) is 5.97 Å². The number of esters is 1. The summed E-state index contributed by atoms with van der Waals surface area (Å²) in [4.78, 5) is 15.0. The molecule has 0 N–H and O–H groups in total. The van der Waals surface area contributed by atoms with E-state index >= 15 is 4.57 Å². The summed E-state index contributed by atoms with van der Waals surface area (Å²) in [7, 11) is -3.24. The standard InChI is InChI=1S/C26H27BrNO3P/c1-2-31-26(29)24-18-11-19-28(24)25(22-16-9-10-17-23(22)27)32(30,20-12-5-3-6-13-20)21-14-7-4-8-15-21/h3-10,12-17,24-25H,2,11,18-19H2,1H3/t24-,25-/m0/s1. The van der Waals surface area contributed by atoms with Gasteiger partial charge in [-0.3, -0.25) is 9.69 Å². The van der Waals surface area contributed by atoms with Crippen LogP contribution in [0.3, 0.4) is 0 Å². The van der Waals surface area contributed by atoms with Gasteiger partial charge in [0.2, 0.25) is 0 Å². The van der Waals surface area contributed by atoms with Crippen LogP contribution >= 0.6 is 23.1 Å². The number of carbonyl (C=O) groups is 1. The largest absolute Gasteiger partial charge is 0.465 e. The lowest BCUT2D eigenvalue weighted by molar-refractivity contribution is -0.148. The highest BCUT2D eigenvalue weighted by molar-refractivity contribution is 9.10. The third kappa shape index (κ3) is 4.34. The van der Waals surface area contributed by atoms with E-state index in [2.05, 4.69) is 20.8 Å². The molecule has 2 atom stereocenters. The molecular weight excluding hydrogens is 485 g/mol. The summed E-state index contributed by atoms with van der Waals surface area (Å²) in [5.74, 6) is -0.741. The number of halogens is 1. The monoisotopic (exact) mass is 511 g/mol. The van der Waals surface area contributed by atoms with Gasteiger partial charge in [0.05, 0.1) is 12.4 Å². The number of carbonyl (C=O) groups excluding carboxylic acids is 1. The lowest BCUT2D eigenvalue weighted by Crippen LogP contribution is -2.42. The van der Waals surface area contributed by atoms with Crippen LogP contribution in [0.15, 0.2) is 89.4 Å². The van der Waals surface area contributed by atoms with E-state index in [4.69, 9.17) is 4.74 Å². The van der Waals surface area contributed by atoms with Crippen molar-refractivity contribution in [3.05, 3.63) is 95.0 Å². The Kier molecular flexibility index (Phi) is 7.30. The van der Waals surface area contributed by atoms with Gasteiger partial charge in [0.1, 0.15) is 6.04 Å². The molecule has 6 heteroatoms. The Labute approximate surface area is 198 Å². The van der Waals surface area contributed by atoms with Crippen LogP contribution in [0, 0.1) is 0 Å². The van der Waals surface area contributed by atoms with E-state index in [1.165, 1.54) is 0 Å². The number of likely N-dealkylation sites (tertiary alicyclic amines) is 1. The van der Waals surface area contributed by atoms with Crippen LogP contribution in [0.1, 0.15) is 31.1 Å². The van der Waals surface area contributed by atoms with Gasteiger partial charge in [-0.25, -0.2) is 0 Å². The lowest BCUT2D eigenvalue weighted by Gasteiger charge is -2.38. The van der Waals surface area contributed by atoms with Crippen LogP contribution in [0.5, 0.6) is 0 Å². The Hall–Kier alpha value is -2.20. The van der Waals surface area contributed by atoms with Crippen LogP contribution < -0.4 is 10.6 Å². The fourth-order valence-corrected chi connectivity index (χ4v) is 8.65. The molecule has 32 heavy (non-hydrogen) atoms. The molecule has 0 unspecified atom stereocenters. The molecule has 0 aliphatic carbocycles. The quantitative estimate of drug-likeness (QED) is 0.311. The van der Waals surface area contributed by atoms with Gasteiger partial charge in [0.15, 0.2) is 7.14 Å². The van der Waals surface area contributed by atoms with Gasteiger partial charge >= 0.3 is 5.97 Å². The molecule has 0 spiro atoms. The smallest absolute Gasteiger partial charge is 0.323 e. The van der Waals surface area contributed by atoms with Crippen molar-refractivity contribution in [2.75, 3.05) is 13.2 Å². The number of hydrogen-bond acceptors (Lipinski definition) is 4. The van der Waals surface area contributed by atoms with Crippen molar-refractivity contribution in [3.63, 3.8) is 0 Å². The number of nitrogens with zero attached hydrogens (tertiary/aromatic N) is 1. The third-order valence-electron chi connectivity index (χ3n) is 5.97.